The normalized spacial score (nSPS) is 11.6. The molecule has 0 spiro atoms. The van der Waals surface area contributed by atoms with E-state index in [-0.39, 0.29) is 9.79 Å². The summed E-state index contributed by atoms with van der Waals surface area (Å²) in [6.07, 6.45) is 0. The van der Waals surface area contributed by atoms with Crippen LogP contribution in [0.1, 0.15) is 16.7 Å². The maximum atomic E-state index is 13.6. The van der Waals surface area contributed by atoms with Crippen LogP contribution in [0.3, 0.4) is 0 Å². The summed E-state index contributed by atoms with van der Waals surface area (Å²) >= 11 is 0. The Labute approximate surface area is 229 Å². The first-order chi connectivity index (χ1) is 18.5. The first kappa shape index (κ1) is 27.9. The summed E-state index contributed by atoms with van der Waals surface area (Å²) < 4.78 is 56.3. The van der Waals surface area contributed by atoms with Crippen LogP contribution in [0.25, 0.3) is 0 Å². The van der Waals surface area contributed by atoms with Crippen LogP contribution < -0.4 is 14.3 Å². The molecule has 0 aliphatic carbocycles. The second-order valence-electron chi connectivity index (χ2n) is 9.16. The highest BCUT2D eigenvalue weighted by Gasteiger charge is 2.28. The van der Waals surface area contributed by atoms with Gasteiger partial charge < -0.3 is 5.32 Å². The van der Waals surface area contributed by atoms with Gasteiger partial charge in [-0.25, -0.2) is 16.8 Å². The van der Waals surface area contributed by atoms with Crippen LogP contribution >= 0.6 is 0 Å². The van der Waals surface area contributed by atoms with Crippen LogP contribution in [0.5, 0.6) is 0 Å². The van der Waals surface area contributed by atoms with Gasteiger partial charge in [-0.1, -0.05) is 48.0 Å². The Bertz CT molecular complexity index is 1700. The predicted molar refractivity (Wildman–Crippen MR) is 154 cm³/mol. The van der Waals surface area contributed by atoms with Crippen molar-refractivity contribution in [2.24, 2.45) is 0 Å². The smallest absolute Gasteiger partial charge is 0.264 e. The number of sulfonamides is 2. The maximum Gasteiger partial charge on any atom is 0.264 e. The lowest BCUT2D eigenvalue weighted by atomic mass is 10.1. The fraction of sp³-hybridized carbons (Fsp3) is 0.138. The Morgan fingerprint density at radius 1 is 0.692 bits per heavy atom. The number of nitrogens with one attached hydrogen (secondary N) is 2. The second kappa shape index (κ2) is 11.3. The Morgan fingerprint density at radius 3 is 2.00 bits per heavy atom. The zero-order valence-electron chi connectivity index (χ0n) is 21.7. The van der Waals surface area contributed by atoms with E-state index in [9.17, 15) is 21.6 Å². The lowest BCUT2D eigenvalue weighted by molar-refractivity contribution is -0.114. The molecule has 0 bridgehead atoms. The third-order valence-corrected chi connectivity index (χ3v) is 9.13. The number of carbonyl (C=O) groups is 1. The molecule has 0 aliphatic rings. The lowest BCUT2D eigenvalue weighted by Gasteiger charge is -2.26. The summed E-state index contributed by atoms with van der Waals surface area (Å²) in [6, 6.07) is 25.9. The molecular weight excluding hydrogens is 534 g/mol. The van der Waals surface area contributed by atoms with Crippen molar-refractivity contribution in [3.8, 4) is 0 Å². The third kappa shape index (κ3) is 6.65. The van der Waals surface area contributed by atoms with E-state index < -0.39 is 32.5 Å². The average molecular weight is 564 g/mol. The lowest BCUT2D eigenvalue weighted by Crippen LogP contribution is -2.38. The van der Waals surface area contributed by atoms with Crippen LogP contribution in [0.4, 0.5) is 17.1 Å². The van der Waals surface area contributed by atoms with Gasteiger partial charge >= 0.3 is 0 Å². The molecule has 202 valence electrons. The van der Waals surface area contributed by atoms with Crippen molar-refractivity contribution < 1.29 is 21.6 Å². The number of rotatable bonds is 9. The molecule has 1 amide bonds. The minimum absolute atomic E-state index is 0.0190. The van der Waals surface area contributed by atoms with Crippen LogP contribution in [-0.4, -0.2) is 29.3 Å². The van der Waals surface area contributed by atoms with Crippen molar-refractivity contribution in [1.29, 1.82) is 0 Å². The summed E-state index contributed by atoms with van der Waals surface area (Å²) in [5.74, 6) is -0.581. The molecule has 2 N–H and O–H groups in total. The molecule has 8 nitrogen and oxygen atoms in total. The van der Waals surface area contributed by atoms with Crippen LogP contribution in [0, 0.1) is 20.8 Å². The maximum absolute atomic E-state index is 13.6. The first-order valence-electron chi connectivity index (χ1n) is 12.1. The van der Waals surface area contributed by atoms with Gasteiger partial charge in [0.15, 0.2) is 0 Å². The van der Waals surface area contributed by atoms with Gasteiger partial charge in [0, 0.05) is 11.4 Å². The monoisotopic (exact) mass is 563 g/mol. The molecule has 39 heavy (non-hydrogen) atoms. The summed E-state index contributed by atoms with van der Waals surface area (Å²) in [7, 11) is -7.89. The van der Waals surface area contributed by atoms with E-state index in [1.54, 1.807) is 55.5 Å². The number of amides is 1. The fourth-order valence-electron chi connectivity index (χ4n) is 4.08. The zero-order valence-corrected chi connectivity index (χ0v) is 23.4. The van der Waals surface area contributed by atoms with E-state index >= 15 is 0 Å². The van der Waals surface area contributed by atoms with E-state index in [1.807, 2.05) is 26.0 Å². The summed E-state index contributed by atoms with van der Waals surface area (Å²) in [4.78, 5) is 13.1. The summed E-state index contributed by atoms with van der Waals surface area (Å²) in [5, 5.41) is 2.67. The van der Waals surface area contributed by atoms with Gasteiger partial charge in [-0.05, 0) is 86.5 Å². The average Bonchev–Trinajstić information content (AvgIpc) is 2.88. The van der Waals surface area contributed by atoms with Crippen molar-refractivity contribution in [3.05, 3.63) is 114 Å². The van der Waals surface area contributed by atoms with Gasteiger partial charge in [0.1, 0.15) is 6.54 Å². The van der Waals surface area contributed by atoms with Crippen LogP contribution in [0.15, 0.2) is 107 Å². The second-order valence-corrected chi connectivity index (χ2v) is 12.7. The molecule has 0 radical (unpaired) electrons. The topological polar surface area (TPSA) is 113 Å². The van der Waals surface area contributed by atoms with Crippen molar-refractivity contribution in [2.45, 2.75) is 30.6 Å². The molecule has 4 rings (SSSR count). The zero-order chi connectivity index (χ0) is 28.2. The molecule has 0 aliphatic heterocycles. The molecular formula is C29H29N3O5S2. The molecule has 4 aromatic carbocycles. The molecule has 0 unspecified atom stereocenters. The highest BCUT2D eigenvalue weighted by Crippen LogP contribution is 2.28. The van der Waals surface area contributed by atoms with Crippen molar-refractivity contribution in [3.63, 3.8) is 0 Å². The summed E-state index contributed by atoms with van der Waals surface area (Å²) in [6.45, 7) is 5.08. The quantitative estimate of drug-likeness (QED) is 0.289. The fourth-order valence-corrected chi connectivity index (χ4v) is 6.63. The van der Waals surface area contributed by atoms with Gasteiger partial charge in [-0.15, -0.1) is 0 Å². The van der Waals surface area contributed by atoms with E-state index in [2.05, 4.69) is 10.0 Å². The first-order valence-corrected chi connectivity index (χ1v) is 15.0. The molecule has 0 fully saturated rings. The Balaban J connectivity index is 1.55. The van der Waals surface area contributed by atoms with Crippen molar-refractivity contribution in [1.82, 2.24) is 0 Å². The molecule has 0 saturated carbocycles. The number of nitrogens with zero attached hydrogens (tertiary/aromatic N) is 1. The van der Waals surface area contributed by atoms with E-state index in [4.69, 9.17) is 0 Å². The third-order valence-electron chi connectivity index (χ3n) is 5.96. The number of hydrogen-bond donors (Lipinski definition) is 2. The van der Waals surface area contributed by atoms with Crippen LogP contribution in [-0.2, 0) is 24.8 Å². The minimum Gasteiger partial charge on any atom is -0.325 e. The van der Waals surface area contributed by atoms with Crippen molar-refractivity contribution >= 4 is 43.0 Å². The molecule has 10 heteroatoms. The van der Waals surface area contributed by atoms with Gasteiger partial charge in [-0.3, -0.25) is 13.8 Å². The number of benzene rings is 4. The SMILES string of the molecule is Cc1cccc(NS(=O)(=O)c2ccc(NC(=O)CN(c3ccc(C)cc3C)S(=O)(=O)c3ccccc3)cc2)c1. The summed E-state index contributed by atoms with van der Waals surface area (Å²) in [5.41, 5.74) is 3.74. The Morgan fingerprint density at radius 2 is 1.36 bits per heavy atom. The van der Waals surface area contributed by atoms with E-state index in [0.717, 1.165) is 15.4 Å². The van der Waals surface area contributed by atoms with Crippen LogP contribution in [0.2, 0.25) is 0 Å². The Kier molecular flexibility index (Phi) is 8.08. The van der Waals surface area contributed by atoms with E-state index in [1.165, 1.54) is 36.4 Å². The van der Waals surface area contributed by atoms with E-state index in [0.29, 0.717) is 22.6 Å². The van der Waals surface area contributed by atoms with Crippen molar-refractivity contribution in [2.75, 3.05) is 20.9 Å². The highest BCUT2D eigenvalue weighted by atomic mass is 32.2. The molecule has 0 atom stereocenters. The van der Waals surface area contributed by atoms with Gasteiger partial charge in [0.2, 0.25) is 5.91 Å². The molecule has 4 aromatic rings. The number of anilines is 3. The predicted octanol–water partition coefficient (Wildman–Crippen LogP) is 5.25. The Hall–Kier alpha value is -4.15. The van der Waals surface area contributed by atoms with Gasteiger partial charge in [-0.2, -0.15) is 0 Å². The molecule has 0 saturated heterocycles. The largest absolute Gasteiger partial charge is 0.325 e. The standard InChI is InChI=1S/C29H29N3O5S2/c1-21-8-7-9-25(19-21)31-38(34,35)26-15-13-24(14-16-26)30-29(33)20-32(28-17-12-22(2)18-23(28)3)39(36,37)27-10-5-4-6-11-27/h4-19,31H,20H2,1-3H3,(H,30,33). The number of hydrogen-bond acceptors (Lipinski definition) is 5. The highest BCUT2D eigenvalue weighted by molar-refractivity contribution is 7.93. The number of aryl methyl sites for hydroxylation is 3. The molecule has 0 heterocycles. The van der Waals surface area contributed by atoms with Gasteiger partial charge in [0.05, 0.1) is 15.5 Å². The van der Waals surface area contributed by atoms with Gasteiger partial charge in [0.25, 0.3) is 20.0 Å². The number of carbonyl (C=O) groups excluding carboxylic acids is 1. The molecule has 0 aromatic heterocycles. The minimum atomic E-state index is -4.05.